The van der Waals surface area contributed by atoms with Crippen molar-refractivity contribution >= 4 is 33.6 Å². The number of halogens is 2. The van der Waals surface area contributed by atoms with Crippen LogP contribution in [0.15, 0.2) is 36.5 Å². The Morgan fingerprint density at radius 3 is 2.59 bits per heavy atom. The standard InChI is InChI=1S/C26H24F2N4O2/c1-12-2-7-16-20(8-12)30-25(18-11-29-23-17(18)9-15(27)10-19(23)28)32-24(16)31-22-14-5-3-13(4-6-14)21(22)26(33)34/h2,7-11,13-14,21-22,29H,3-6H2,1H3,(H,33,34)(H,30,31,32)/t13?,14?,21-,22-/m0/s1. The van der Waals surface area contributed by atoms with Crippen molar-refractivity contribution in [3.63, 3.8) is 0 Å². The topological polar surface area (TPSA) is 90.9 Å². The van der Waals surface area contributed by atoms with Crippen LogP contribution in [0.1, 0.15) is 31.2 Å². The zero-order valence-electron chi connectivity index (χ0n) is 18.6. The normalized spacial score (nSPS) is 24.1. The molecule has 3 N–H and O–H groups in total. The van der Waals surface area contributed by atoms with Crippen molar-refractivity contribution in [2.45, 2.75) is 38.6 Å². The van der Waals surface area contributed by atoms with Crippen LogP contribution in [0.4, 0.5) is 14.6 Å². The summed E-state index contributed by atoms with van der Waals surface area (Å²) >= 11 is 0. The van der Waals surface area contributed by atoms with E-state index in [1.165, 1.54) is 6.07 Å². The van der Waals surface area contributed by atoms with E-state index in [9.17, 15) is 18.7 Å². The van der Waals surface area contributed by atoms with Crippen molar-refractivity contribution in [1.82, 2.24) is 15.0 Å². The van der Waals surface area contributed by atoms with E-state index in [0.29, 0.717) is 28.1 Å². The Hall–Kier alpha value is -3.55. The minimum absolute atomic E-state index is 0.161. The van der Waals surface area contributed by atoms with Gasteiger partial charge in [0.15, 0.2) is 5.82 Å². The quantitative estimate of drug-likeness (QED) is 0.364. The molecular weight excluding hydrogens is 438 g/mol. The number of carbonyl (C=O) groups is 1. The lowest BCUT2D eigenvalue weighted by Crippen LogP contribution is -2.51. The molecule has 0 spiro atoms. The number of carboxylic acid groups (broad SMARTS) is 1. The molecule has 3 saturated carbocycles. The number of benzene rings is 2. The van der Waals surface area contributed by atoms with E-state index in [-0.39, 0.29) is 23.4 Å². The van der Waals surface area contributed by atoms with Crippen molar-refractivity contribution in [2.75, 3.05) is 5.32 Å². The van der Waals surface area contributed by atoms with Gasteiger partial charge in [-0.1, -0.05) is 6.07 Å². The molecule has 34 heavy (non-hydrogen) atoms. The number of aromatic amines is 1. The van der Waals surface area contributed by atoms with Crippen LogP contribution in [0, 0.1) is 36.3 Å². The van der Waals surface area contributed by atoms with Gasteiger partial charge in [-0.05, 0) is 68.2 Å². The summed E-state index contributed by atoms with van der Waals surface area (Å²) < 4.78 is 28.3. The molecule has 0 amide bonds. The number of aromatic nitrogens is 3. The molecule has 3 fully saturated rings. The van der Waals surface area contributed by atoms with Crippen molar-refractivity contribution in [2.24, 2.45) is 17.8 Å². The fourth-order valence-electron chi connectivity index (χ4n) is 5.98. The van der Waals surface area contributed by atoms with Crippen molar-refractivity contribution < 1.29 is 18.7 Å². The third-order valence-electron chi connectivity index (χ3n) is 7.61. The van der Waals surface area contributed by atoms with Crippen LogP contribution in [-0.4, -0.2) is 32.1 Å². The van der Waals surface area contributed by atoms with Crippen molar-refractivity contribution in [1.29, 1.82) is 0 Å². The molecule has 174 valence electrons. The maximum atomic E-state index is 14.3. The highest BCUT2D eigenvalue weighted by atomic mass is 19.1. The molecule has 0 aliphatic heterocycles. The molecule has 6 nitrogen and oxygen atoms in total. The summed E-state index contributed by atoms with van der Waals surface area (Å²) in [5.74, 6) is -1.30. The van der Waals surface area contributed by atoms with Gasteiger partial charge in [0.05, 0.1) is 17.0 Å². The third-order valence-corrected chi connectivity index (χ3v) is 7.61. The third kappa shape index (κ3) is 3.31. The molecule has 2 aromatic heterocycles. The van der Waals surface area contributed by atoms with Crippen molar-refractivity contribution in [3.8, 4) is 11.4 Å². The SMILES string of the molecule is Cc1ccc2c(N[C@H]3C4CCC(CC4)[C@@H]3C(=O)O)nc(-c3c[nH]c4c(F)cc(F)cc34)nc2c1. The molecule has 2 bridgehead atoms. The van der Waals surface area contributed by atoms with Crippen LogP contribution in [-0.2, 0) is 4.79 Å². The Bertz CT molecular complexity index is 1440. The number of hydrogen-bond acceptors (Lipinski definition) is 4. The second-order valence-corrected chi connectivity index (χ2v) is 9.64. The van der Waals surface area contributed by atoms with Crippen LogP contribution in [0.25, 0.3) is 33.2 Å². The van der Waals surface area contributed by atoms with E-state index in [1.807, 2.05) is 25.1 Å². The zero-order valence-corrected chi connectivity index (χ0v) is 18.6. The molecule has 8 heteroatoms. The minimum atomic E-state index is -0.774. The van der Waals surface area contributed by atoms with Crippen LogP contribution in [0.3, 0.4) is 0 Å². The summed E-state index contributed by atoms with van der Waals surface area (Å²) in [6.07, 6.45) is 5.48. The molecule has 2 heterocycles. The molecule has 4 aromatic rings. The average molecular weight is 463 g/mol. The number of fused-ring (bicyclic) bond motifs is 5. The van der Waals surface area contributed by atoms with Crippen LogP contribution in [0.2, 0.25) is 0 Å². The highest BCUT2D eigenvalue weighted by Gasteiger charge is 2.47. The summed E-state index contributed by atoms with van der Waals surface area (Å²) in [6.45, 7) is 1.96. The van der Waals surface area contributed by atoms with Crippen LogP contribution < -0.4 is 5.32 Å². The average Bonchev–Trinajstić information content (AvgIpc) is 3.23. The fourth-order valence-corrected chi connectivity index (χ4v) is 5.98. The molecule has 3 aliphatic carbocycles. The monoisotopic (exact) mass is 462 g/mol. The molecule has 0 saturated heterocycles. The first-order chi connectivity index (χ1) is 16.4. The summed E-state index contributed by atoms with van der Waals surface area (Å²) in [5, 5.41) is 14.6. The molecule has 2 atom stereocenters. The first kappa shape index (κ1) is 21.0. The number of rotatable bonds is 4. The summed E-state index contributed by atoms with van der Waals surface area (Å²) in [4.78, 5) is 24.5. The summed E-state index contributed by atoms with van der Waals surface area (Å²) in [5.41, 5.74) is 2.38. The molecule has 7 rings (SSSR count). The summed E-state index contributed by atoms with van der Waals surface area (Å²) in [6, 6.07) is 7.71. The molecule has 2 aromatic carbocycles. The van der Waals surface area contributed by atoms with Gasteiger partial charge in [-0.2, -0.15) is 0 Å². The van der Waals surface area contributed by atoms with E-state index in [1.54, 1.807) is 6.20 Å². The van der Waals surface area contributed by atoms with Gasteiger partial charge in [-0.15, -0.1) is 0 Å². The fraction of sp³-hybridized carbons (Fsp3) is 0.346. The maximum Gasteiger partial charge on any atom is 0.308 e. The Labute approximate surface area is 194 Å². The Kier molecular flexibility index (Phi) is 4.79. The lowest BCUT2D eigenvalue weighted by Gasteiger charge is -2.47. The number of hydrogen-bond donors (Lipinski definition) is 3. The van der Waals surface area contributed by atoms with Gasteiger partial charge in [-0.25, -0.2) is 18.7 Å². The largest absolute Gasteiger partial charge is 0.481 e. The van der Waals surface area contributed by atoms with Gasteiger partial charge in [-0.3, -0.25) is 4.79 Å². The van der Waals surface area contributed by atoms with Gasteiger partial charge in [0, 0.05) is 34.6 Å². The molecule has 0 unspecified atom stereocenters. The number of nitrogens with one attached hydrogen (secondary N) is 2. The number of anilines is 1. The number of carboxylic acids is 1. The lowest BCUT2D eigenvalue weighted by atomic mass is 9.61. The van der Waals surface area contributed by atoms with Gasteiger partial charge < -0.3 is 15.4 Å². The van der Waals surface area contributed by atoms with Gasteiger partial charge >= 0.3 is 5.97 Å². The number of aliphatic carboxylic acids is 1. The smallest absolute Gasteiger partial charge is 0.308 e. The predicted octanol–water partition coefficient (Wildman–Crippen LogP) is 5.67. The van der Waals surface area contributed by atoms with Gasteiger partial charge in [0.1, 0.15) is 17.5 Å². The van der Waals surface area contributed by atoms with E-state index in [0.717, 1.165) is 42.7 Å². The first-order valence-corrected chi connectivity index (χ1v) is 11.6. The predicted molar refractivity (Wildman–Crippen MR) is 125 cm³/mol. The second kappa shape index (κ2) is 7.75. The maximum absolute atomic E-state index is 14.3. The highest BCUT2D eigenvalue weighted by Crippen LogP contribution is 2.46. The first-order valence-electron chi connectivity index (χ1n) is 11.6. The summed E-state index contributed by atoms with van der Waals surface area (Å²) in [7, 11) is 0. The van der Waals surface area contributed by atoms with Crippen LogP contribution in [0.5, 0.6) is 0 Å². The Morgan fingerprint density at radius 1 is 1.06 bits per heavy atom. The van der Waals surface area contributed by atoms with Gasteiger partial charge in [0.2, 0.25) is 0 Å². The van der Waals surface area contributed by atoms with E-state index in [4.69, 9.17) is 9.97 Å². The highest BCUT2D eigenvalue weighted by molar-refractivity contribution is 5.97. The number of nitrogens with zero attached hydrogens (tertiary/aromatic N) is 2. The van der Waals surface area contributed by atoms with Gasteiger partial charge in [0.25, 0.3) is 0 Å². The van der Waals surface area contributed by atoms with E-state index < -0.39 is 23.5 Å². The van der Waals surface area contributed by atoms with E-state index >= 15 is 0 Å². The Balaban J connectivity index is 1.51. The lowest BCUT2D eigenvalue weighted by molar-refractivity contribution is -0.148. The van der Waals surface area contributed by atoms with Crippen LogP contribution >= 0.6 is 0 Å². The molecule has 0 radical (unpaired) electrons. The van der Waals surface area contributed by atoms with E-state index in [2.05, 4.69) is 10.3 Å². The number of H-pyrrole nitrogens is 1. The minimum Gasteiger partial charge on any atom is -0.481 e. The number of aryl methyl sites for hydroxylation is 1. The molecule has 3 aliphatic rings. The Morgan fingerprint density at radius 2 is 1.82 bits per heavy atom. The molecular formula is C26H24F2N4O2. The van der Waals surface area contributed by atoms with Crippen molar-refractivity contribution in [3.05, 3.63) is 53.7 Å². The second-order valence-electron chi connectivity index (χ2n) is 9.64. The zero-order chi connectivity index (χ0) is 23.6.